The Labute approximate surface area is 135 Å². The minimum absolute atomic E-state index is 0.160. The Kier molecular flexibility index (Phi) is 5.65. The lowest BCUT2D eigenvalue weighted by atomic mass is 10.1. The highest BCUT2D eigenvalue weighted by Crippen LogP contribution is 2.27. The molecule has 0 bridgehead atoms. The maximum atomic E-state index is 12.6. The van der Waals surface area contributed by atoms with Crippen LogP contribution in [0.3, 0.4) is 0 Å². The van der Waals surface area contributed by atoms with Crippen LogP contribution in [0.1, 0.15) is 42.6 Å². The summed E-state index contributed by atoms with van der Waals surface area (Å²) < 4.78 is 0. The van der Waals surface area contributed by atoms with Gasteiger partial charge in [-0.2, -0.15) is 0 Å². The Balaban J connectivity index is 2.32. The fourth-order valence-electron chi connectivity index (χ4n) is 2.31. The number of carbonyl (C=O) groups excluding carboxylic acids is 2. The third-order valence-electron chi connectivity index (χ3n) is 3.40. The fourth-order valence-corrected chi connectivity index (χ4v) is 2.31. The zero-order chi connectivity index (χ0) is 16.8. The highest BCUT2D eigenvalue weighted by Gasteiger charge is 2.19. The molecule has 6 heteroatoms. The zero-order valence-electron chi connectivity index (χ0n) is 13.4. The van der Waals surface area contributed by atoms with Gasteiger partial charge in [0.25, 0.3) is 5.91 Å². The second kappa shape index (κ2) is 7.69. The van der Waals surface area contributed by atoms with E-state index in [1.165, 1.54) is 5.06 Å². The van der Waals surface area contributed by atoms with E-state index in [0.717, 1.165) is 12.0 Å². The first-order valence-electron chi connectivity index (χ1n) is 7.68. The topological polar surface area (TPSA) is 85.0 Å². The summed E-state index contributed by atoms with van der Waals surface area (Å²) in [6.07, 6.45) is 4.67. The highest BCUT2D eigenvalue weighted by molar-refractivity contribution is 6.02. The van der Waals surface area contributed by atoms with Crippen molar-refractivity contribution in [2.75, 3.05) is 13.2 Å². The lowest BCUT2D eigenvalue weighted by Gasteiger charge is -2.21. The summed E-state index contributed by atoms with van der Waals surface area (Å²) >= 11 is 0. The third-order valence-corrected chi connectivity index (χ3v) is 3.40. The van der Waals surface area contributed by atoms with Crippen molar-refractivity contribution in [3.63, 3.8) is 0 Å². The van der Waals surface area contributed by atoms with Gasteiger partial charge in [-0.1, -0.05) is 13.0 Å². The molecule has 0 fully saturated rings. The SMILES string of the molecule is CCCN(OCC)C(=O)C1=Cc2ccc(C(N)=O)cc2N=CC1. The fraction of sp³-hybridized carbons (Fsp3) is 0.353. The molecule has 0 radical (unpaired) electrons. The highest BCUT2D eigenvalue weighted by atomic mass is 16.7. The van der Waals surface area contributed by atoms with Crippen LogP contribution in [0.5, 0.6) is 0 Å². The van der Waals surface area contributed by atoms with Crippen molar-refractivity contribution in [1.82, 2.24) is 5.06 Å². The average molecular weight is 315 g/mol. The van der Waals surface area contributed by atoms with Crippen LogP contribution in [0.2, 0.25) is 0 Å². The summed E-state index contributed by atoms with van der Waals surface area (Å²) in [7, 11) is 0. The van der Waals surface area contributed by atoms with E-state index in [-0.39, 0.29) is 5.91 Å². The van der Waals surface area contributed by atoms with E-state index in [1.54, 1.807) is 30.5 Å². The van der Waals surface area contributed by atoms with Gasteiger partial charge in [0.05, 0.1) is 12.3 Å². The number of benzene rings is 1. The summed E-state index contributed by atoms with van der Waals surface area (Å²) in [5.41, 5.74) is 7.68. The molecule has 2 rings (SSSR count). The van der Waals surface area contributed by atoms with Gasteiger partial charge in [0, 0.05) is 35.9 Å². The number of fused-ring (bicyclic) bond motifs is 1. The summed E-state index contributed by atoms with van der Waals surface area (Å²) in [6.45, 7) is 4.81. The number of hydrogen-bond donors (Lipinski definition) is 1. The number of hydrogen-bond acceptors (Lipinski definition) is 4. The van der Waals surface area contributed by atoms with Crippen LogP contribution in [0, 0.1) is 0 Å². The molecule has 0 saturated heterocycles. The molecule has 0 aliphatic carbocycles. The second-order valence-corrected chi connectivity index (χ2v) is 5.15. The van der Waals surface area contributed by atoms with Crippen molar-refractivity contribution in [2.45, 2.75) is 26.7 Å². The molecular formula is C17H21N3O3. The van der Waals surface area contributed by atoms with Crippen molar-refractivity contribution < 1.29 is 14.4 Å². The van der Waals surface area contributed by atoms with E-state index in [2.05, 4.69) is 4.99 Å². The molecule has 2 amide bonds. The van der Waals surface area contributed by atoms with Gasteiger partial charge in [-0.3, -0.25) is 19.4 Å². The smallest absolute Gasteiger partial charge is 0.273 e. The Morgan fingerprint density at radius 2 is 2.13 bits per heavy atom. The second-order valence-electron chi connectivity index (χ2n) is 5.15. The van der Waals surface area contributed by atoms with Crippen molar-refractivity contribution in [2.24, 2.45) is 10.7 Å². The number of aliphatic imine (C=N–C) groups is 1. The minimum atomic E-state index is -0.502. The van der Waals surface area contributed by atoms with Gasteiger partial charge in [0.15, 0.2) is 0 Å². The molecule has 122 valence electrons. The Bertz CT molecular complexity index is 659. The summed E-state index contributed by atoms with van der Waals surface area (Å²) in [4.78, 5) is 33.6. The van der Waals surface area contributed by atoms with Crippen molar-refractivity contribution in [3.8, 4) is 0 Å². The monoisotopic (exact) mass is 315 g/mol. The molecule has 0 unspecified atom stereocenters. The molecule has 23 heavy (non-hydrogen) atoms. The number of nitrogens with two attached hydrogens (primary N) is 1. The molecule has 1 aromatic rings. The molecule has 6 nitrogen and oxygen atoms in total. The number of rotatable bonds is 6. The van der Waals surface area contributed by atoms with Crippen molar-refractivity contribution in [1.29, 1.82) is 0 Å². The summed E-state index contributed by atoms with van der Waals surface area (Å²) in [5, 5.41) is 1.39. The summed E-state index contributed by atoms with van der Waals surface area (Å²) in [5.74, 6) is -0.662. The van der Waals surface area contributed by atoms with E-state index >= 15 is 0 Å². The van der Waals surface area contributed by atoms with Crippen LogP contribution in [0.25, 0.3) is 6.08 Å². The first-order chi connectivity index (χ1) is 11.1. The van der Waals surface area contributed by atoms with Gasteiger partial charge in [0.1, 0.15) is 0 Å². The molecule has 1 aliphatic heterocycles. The number of amides is 2. The Morgan fingerprint density at radius 3 is 2.78 bits per heavy atom. The van der Waals surface area contributed by atoms with Gasteiger partial charge in [-0.25, -0.2) is 5.06 Å². The molecule has 0 aromatic heterocycles. The molecule has 0 saturated carbocycles. The molecule has 2 N–H and O–H groups in total. The van der Waals surface area contributed by atoms with Crippen LogP contribution < -0.4 is 5.73 Å². The van der Waals surface area contributed by atoms with Crippen LogP contribution in [0.15, 0.2) is 28.8 Å². The molecule has 0 spiro atoms. The molecular weight excluding hydrogens is 294 g/mol. The van der Waals surface area contributed by atoms with Crippen LogP contribution in [0.4, 0.5) is 5.69 Å². The van der Waals surface area contributed by atoms with Gasteiger partial charge in [-0.15, -0.1) is 0 Å². The maximum Gasteiger partial charge on any atom is 0.273 e. The van der Waals surface area contributed by atoms with Gasteiger partial charge < -0.3 is 5.73 Å². The predicted octanol–water partition coefficient (Wildman–Crippen LogP) is 2.47. The average Bonchev–Trinajstić information content (AvgIpc) is 2.75. The number of carbonyl (C=O) groups is 2. The zero-order valence-corrected chi connectivity index (χ0v) is 13.4. The normalized spacial score (nSPS) is 13.0. The van der Waals surface area contributed by atoms with Gasteiger partial charge in [0.2, 0.25) is 5.91 Å². The van der Waals surface area contributed by atoms with Crippen LogP contribution in [-0.2, 0) is 9.63 Å². The van der Waals surface area contributed by atoms with Gasteiger partial charge in [-0.05, 0) is 31.6 Å². The van der Waals surface area contributed by atoms with E-state index in [1.807, 2.05) is 13.8 Å². The quantitative estimate of drug-likeness (QED) is 0.818. The third kappa shape index (κ3) is 4.04. The molecule has 1 aromatic carbocycles. The first kappa shape index (κ1) is 16.9. The van der Waals surface area contributed by atoms with Crippen molar-refractivity contribution >= 4 is 29.8 Å². The maximum absolute atomic E-state index is 12.6. The molecule has 1 aliphatic rings. The van der Waals surface area contributed by atoms with E-state index < -0.39 is 5.91 Å². The lowest BCUT2D eigenvalue weighted by molar-refractivity contribution is -0.180. The number of nitrogens with zero attached hydrogens (tertiary/aromatic N) is 2. The van der Waals surface area contributed by atoms with Crippen LogP contribution in [-0.4, -0.2) is 36.2 Å². The largest absolute Gasteiger partial charge is 0.366 e. The standard InChI is InChI=1S/C17H21N3O3/c1-3-9-20(23-4-2)17(22)14-7-8-19-15-11-13(16(18)21)6-5-12(15)10-14/h5-6,8,10-11H,3-4,7,9H2,1-2H3,(H2,18,21). The molecule has 0 atom stereocenters. The van der Waals surface area contributed by atoms with E-state index in [9.17, 15) is 9.59 Å². The van der Waals surface area contributed by atoms with Gasteiger partial charge >= 0.3 is 0 Å². The Hall–Kier alpha value is -2.47. The van der Waals surface area contributed by atoms with Crippen LogP contribution >= 0.6 is 0 Å². The molecule has 1 heterocycles. The van der Waals surface area contributed by atoms with E-state index in [4.69, 9.17) is 10.6 Å². The van der Waals surface area contributed by atoms with E-state index in [0.29, 0.717) is 36.4 Å². The van der Waals surface area contributed by atoms with Crippen molar-refractivity contribution in [3.05, 3.63) is 34.9 Å². The Morgan fingerprint density at radius 1 is 1.35 bits per heavy atom. The predicted molar refractivity (Wildman–Crippen MR) is 89.3 cm³/mol. The lowest BCUT2D eigenvalue weighted by Crippen LogP contribution is -2.33. The number of hydroxylamine groups is 2. The minimum Gasteiger partial charge on any atom is -0.366 e. The number of primary amides is 1. The summed E-state index contributed by atoms with van der Waals surface area (Å²) in [6, 6.07) is 5.01. The first-order valence-corrected chi connectivity index (χ1v) is 7.68.